The van der Waals surface area contributed by atoms with Gasteiger partial charge < -0.3 is 9.80 Å². The van der Waals surface area contributed by atoms with E-state index in [1.807, 2.05) is 59.5 Å². The Kier molecular flexibility index (Phi) is 9.84. The molecule has 3 aromatic carbocycles. The van der Waals surface area contributed by atoms with Gasteiger partial charge in [-0.05, 0) is 67.3 Å². The SMILES string of the molecule is CCCCCCCC(=O)N1c2ccccc2[C@@H](N(C(=O)/C=C/c2ccc([N+](=O)[O-])cc2)c2ccccc2)C[C@H]1C. The first-order valence-electron chi connectivity index (χ1n) is 14.1. The van der Waals surface area contributed by atoms with Crippen molar-refractivity contribution in [2.45, 2.75) is 70.9 Å². The highest BCUT2D eigenvalue weighted by atomic mass is 16.6. The molecule has 1 heterocycles. The van der Waals surface area contributed by atoms with E-state index in [9.17, 15) is 19.7 Å². The number of amides is 2. The second-order valence-electron chi connectivity index (χ2n) is 10.3. The Morgan fingerprint density at radius 2 is 1.62 bits per heavy atom. The second kappa shape index (κ2) is 13.7. The van der Waals surface area contributed by atoms with Gasteiger partial charge in [0.15, 0.2) is 0 Å². The number of hydrogen-bond acceptors (Lipinski definition) is 4. The van der Waals surface area contributed by atoms with Crippen LogP contribution in [0.2, 0.25) is 0 Å². The van der Waals surface area contributed by atoms with E-state index in [-0.39, 0.29) is 29.6 Å². The molecule has 1 aliphatic heterocycles. The average molecular weight is 540 g/mol. The number of para-hydroxylation sites is 2. The minimum Gasteiger partial charge on any atom is -0.309 e. The van der Waals surface area contributed by atoms with Crippen molar-refractivity contribution in [3.05, 3.63) is 106 Å². The Bertz CT molecular complexity index is 1340. The largest absolute Gasteiger partial charge is 0.309 e. The van der Waals surface area contributed by atoms with Gasteiger partial charge in [0.05, 0.1) is 11.0 Å². The molecule has 0 bridgehead atoms. The van der Waals surface area contributed by atoms with Crippen LogP contribution >= 0.6 is 0 Å². The fourth-order valence-corrected chi connectivity index (χ4v) is 5.41. The highest BCUT2D eigenvalue weighted by Gasteiger charge is 2.37. The van der Waals surface area contributed by atoms with Crippen LogP contribution in [0.4, 0.5) is 17.1 Å². The molecule has 0 N–H and O–H groups in total. The van der Waals surface area contributed by atoms with Crippen LogP contribution in [0.25, 0.3) is 6.08 Å². The normalized spacial score (nSPS) is 16.5. The van der Waals surface area contributed by atoms with Gasteiger partial charge in [-0.15, -0.1) is 0 Å². The minimum absolute atomic E-state index is 0.00208. The molecule has 0 saturated heterocycles. The molecule has 0 fully saturated rings. The Morgan fingerprint density at radius 3 is 2.33 bits per heavy atom. The summed E-state index contributed by atoms with van der Waals surface area (Å²) in [6.45, 7) is 4.24. The number of nitrogens with zero attached hydrogens (tertiary/aromatic N) is 3. The maximum absolute atomic E-state index is 13.8. The van der Waals surface area contributed by atoms with E-state index in [1.165, 1.54) is 31.1 Å². The highest BCUT2D eigenvalue weighted by molar-refractivity contribution is 6.05. The molecule has 7 heteroatoms. The molecule has 7 nitrogen and oxygen atoms in total. The van der Waals surface area contributed by atoms with E-state index >= 15 is 0 Å². The Hall–Kier alpha value is -4.26. The third kappa shape index (κ3) is 6.84. The maximum atomic E-state index is 13.8. The smallest absolute Gasteiger partial charge is 0.269 e. The number of anilines is 2. The van der Waals surface area contributed by atoms with Gasteiger partial charge in [-0.2, -0.15) is 0 Å². The maximum Gasteiger partial charge on any atom is 0.269 e. The van der Waals surface area contributed by atoms with E-state index in [0.29, 0.717) is 18.4 Å². The van der Waals surface area contributed by atoms with Gasteiger partial charge in [0.1, 0.15) is 0 Å². The third-order valence-electron chi connectivity index (χ3n) is 7.43. The van der Waals surface area contributed by atoms with Crippen LogP contribution in [0.3, 0.4) is 0 Å². The number of hydrogen-bond donors (Lipinski definition) is 0. The topological polar surface area (TPSA) is 83.8 Å². The van der Waals surface area contributed by atoms with Crippen molar-refractivity contribution >= 4 is 35.0 Å². The number of benzene rings is 3. The summed E-state index contributed by atoms with van der Waals surface area (Å²) in [5, 5.41) is 11.0. The van der Waals surface area contributed by atoms with Crippen LogP contribution in [-0.4, -0.2) is 22.8 Å². The molecular weight excluding hydrogens is 502 g/mol. The lowest BCUT2D eigenvalue weighted by molar-refractivity contribution is -0.384. The zero-order valence-electron chi connectivity index (χ0n) is 23.2. The second-order valence-corrected chi connectivity index (χ2v) is 10.3. The van der Waals surface area contributed by atoms with Crippen molar-refractivity contribution in [3.8, 4) is 0 Å². The summed E-state index contributed by atoms with van der Waals surface area (Å²) >= 11 is 0. The minimum atomic E-state index is -0.446. The molecule has 0 radical (unpaired) electrons. The first-order valence-corrected chi connectivity index (χ1v) is 14.1. The lowest BCUT2D eigenvalue weighted by Gasteiger charge is -2.43. The van der Waals surface area contributed by atoms with Crippen molar-refractivity contribution in [2.24, 2.45) is 0 Å². The van der Waals surface area contributed by atoms with E-state index in [1.54, 1.807) is 23.1 Å². The zero-order chi connectivity index (χ0) is 28.5. The quantitative estimate of drug-likeness (QED) is 0.107. The summed E-state index contributed by atoms with van der Waals surface area (Å²) in [6.07, 6.45) is 9.77. The molecular formula is C33H37N3O4. The van der Waals surface area contributed by atoms with Gasteiger partial charge in [-0.3, -0.25) is 19.7 Å². The molecule has 0 saturated carbocycles. The molecule has 0 unspecified atom stereocenters. The molecule has 3 aromatic rings. The summed E-state index contributed by atoms with van der Waals surface area (Å²) < 4.78 is 0. The average Bonchev–Trinajstić information content (AvgIpc) is 2.97. The van der Waals surface area contributed by atoms with Gasteiger partial charge in [-0.1, -0.05) is 69.0 Å². The van der Waals surface area contributed by atoms with Crippen LogP contribution in [0.15, 0.2) is 84.9 Å². The van der Waals surface area contributed by atoms with E-state index in [2.05, 4.69) is 13.8 Å². The third-order valence-corrected chi connectivity index (χ3v) is 7.43. The summed E-state index contributed by atoms with van der Waals surface area (Å²) in [4.78, 5) is 41.5. The Labute approximate surface area is 236 Å². The molecule has 1 aliphatic rings. The van der Waals surface area contributed by atoms with Gasteiger partial charge in [0.2, 0.25) is 5.91 Å². The Balaban J connectivity index is 1.62. The van der Waals surface area contributed by atoms with E-state index in [4.69, 9.17) is 0 Å². The molecule has 0 aliphatic carbocycles. The monoisotopic (exact) mass is 539 g/mol. The summed E-state index contributed by atoms with van der Waals surface area (Å²) in [5.41, 5.74) is 3.27. The molecule has 208 valence electrons. The summed E-state index contributed by atoms with van der Waals surface area (Å²) in [6, 6.07) is 23.2. The van der Waals surface area contributed by atoms with Crippen LogP contribution in [-0.2, 0) is 9.59 Å². The molecule has 4 rings (SSSR count). The molecule has 2 atom stereocenters. The number of carbonyl (C=O) groups is 2. The van der Waals surface area contributed by atoms with Gasteiger partial charge in [0, 0.05) is 42.0 Å². The van der Waals surface area contributed by atoms with Crippen molar-refractivity contribution < 1.29 is 14.5 Å². The number of fused-ring (bicyclic) bond motifs is 1. The van der Waals surface area contributed by atoms with Gasteiger partial charge >= 0.3 is 0 Å². The molecule has 2 amide bonds. The first kappa shape index (κ1) is 28.7. The van der Waals surface area contributed by atoms with Crippen LogP contribution < -0.4 is 9.80 Å². The predicted molar refractivity (Wildman–Crippen MR) is 160 cm³/mol. The standard InChI is InChI=1S/C33H37N3O4/c1-3-4-5-6-10-17-32(37)34-25(2)24-31(29-15-11-12-16-30(29)34)35(27-13-8-7-9-14-27)33(38)23-20-26-18-21-28(22-19-26)36(39)40/h7-9,11-16,18-23,25,31H,3-6,10,17,24H2,1-2H3/b23-20+/t25-,31+/m1/s1. The van der Waals surface area contributed by atoms with Crippen molar-refractivity contribution in [1.29, 1.82) is 0 Å². The first-order chi connectivity index (χ1) is 19.4. The van der Waals surface area contributed by atoms with E-state index < -0.39 is 4.92 Å². The van der Waals surface area contributed by atoms with Crippen LogP contribution in [0, 0.1) is 10.1 Å². The van der Waals surface area contributed by atoms with Gasteiger partial charge in [0.25, 0.3) is 11.6 Å². The number of carbonyl (C=O) groups excluding carboxylic acids is 2. The highest BCUT2D eigenvalue weighted by Crippen LogP contribution is 2.42. The molecule has 0 spiro atoms. The van der Waals surface area contributed by atoms with Crippen LogP contribution in [0.1, 0.15) is 76.0 Å². The van der Waals surface area contributed by atoms with Crippen molar-refractivity contribution in [2.75, 3.05) is 9.80 Å². The summed E-state index contributed by atoms with van der Waals surface area (Å²) in [7, 11) is 0. The summed E-state index contributed by atoms with van der Waals surface area (Å²) in [5.74, 6) is -0.0715. The fourth-order valence-electron chi connectivity index (χ4n) is 5.41. The van der Waals surface area contributed by atoms with Crippen LogP contribution in [0.5, 0.6) is 0 Å². The lowest BCUT2D eigenvalue weighted by atomic mass is 9.89. The lowest BCUT2D eigenvalue weighted by Crippen LogP contribution is -2.47. The predicted octanol–water partition coefficient (Wildman–Crippen LogP) is 7.87. The van der Waals surface area contributed by atoms with Gasteiger partial charge in [-0.25, -0.2) is 0 Å². The fraction of sp³-hybridized carbons (Fsp3) is 0.333. The Morgan fingerprint density at radius 1 is 0.950 bits per heavy atom. The number of non-ortho nitro benzene ring substituents is 1. The van der Waals surface area contributed by atoms with Crippen molar-refractivity contribution in [1.82, 2.24) is 0 Å². The zero-order valence-corrected chi connectivity index (χ0v) is 23.2. The number of nitro groups is 1. The number of rotatable bonds is 11. The molecule has 0 aromatic heterocycles. The number of nitro benzene ring substituents is 1. The van der Waals surface area contributed by atoms with E-state index in [0.717, 1.165) is 36.2 Å². The number of unbranched alkanes of at least 4 members (excludes halogenated alkanes) is 4. The molecule has 40 heavy (non-hydrogen) atoms. The van der Waals surface area contributed by atoms with Crippen molar-refractivity contribution in [3.63, 3.8) is 0 Å².